The third-order valence-electron chi connectivity index (χ3n) is 10.9. The van der Waals surface area contributed by atoms with Crippen LogP contribution in [0.15, 0.2) is 143 Å². The second-order valence-electron chi connectivity index (χ2n) is 14.8. The molecule has 0 saturated heterocycles. The van der Waals surface area contributed by atoms with Crippen LogP contribution in [0.4, 0.5) is 11.4 Å². The molecule has 1 heterocycles. The molecule has 6 rings (SSSR count). The summed E-state index contributed by atoms with van der Waals surface area (Å²) in [5.74, 6) is -2.02. The number of nitrogens with zero attached hydrogens (tertiary/aromatic N) is 2. The Hall–Kier alpha value is -4.07. The molecule has 4 N–H and O–H groups in total. The number of nitriles is 1. The zero-order valence-electron chi connectivity index (χ0n) is 32.3. The van der Waals surface area contributed by atoms with Crippen molar-refractivity contribution in [1.29, 1.82) is 5.26 Å². The Morgan fingerprint density at radius 3 is 1.64 bits per heavy atom. The normalized spacial score (nSPS) is 15.0. The molecule has 55 heavy (non-hydrogen) atoms. The predicted octanol–water partition coefficient (Wildman–Crippen LogP) is 9.12. The van der Waals surface area contributed by atoms with Crippen LogP contribution in [0, 0.1) is 11.3 Å². The molecular formula is C45H52N3O5PS. The Labute approximate surface area is 329 Å². The van der Waals surface area contributed by atoms with Crippen molar-refractivity contribution in [2.45, 2.75) is 78.9 Å². The molecule has 8 nitrogen and oxygen atoms in total. The Morgan fingerprint density at radius 2 is 1.16 bits per heavy atom. The van der Waals surface area contributed by atoms with E-state index in [0.717, 1.165) is 43.4 Å². The number of hydrogen-bond acceptors (Lipinski definition) is 9. The molecule has 5 aromatic carbocycles. The Kier molecular flexibility index (Phi) is 11.9. The van der Waals surface area contributed by atoms with Gasteiger partial charge in [0.1, 0.15) is 0 Å². The first kappa shape index (κ1) is 40.6. The maximum absolute atomic E-state index is 13.2. The van der Waals surface area contributed by atoms with Crippen molar-refractivity contribution >= 4 is 30.4 Å². The minimum atomic E-state index is -6.13. The molecule has 0 saturated carbocycles. The summed E-state index contributed by atoms with van der Waals surface area (Å²) in [5, 5.41) is 14.3. The van der Waals surface area contributed by atoms with Crippen molar-refractivity contribution in [2.24, 2.45) is 0 Å². The second-order valence-corrected chi connectivity index (χ2v) is 19.4. The van der Waals surface area contributed by atoms with E-state index < -0.39 is 36.3 Å². The predicted molar refractivity (Wildman–Crippen MR) is 224 cm³/mol. The van der Waals surface area contributed by atoms with Gasteiger partial charge in [0.2, 0.25) is 0 Å². The summed E-state index contributed by atoms with van der Waals surface area (Å²) >= 11 is 1.62. The third kappa shape index (κ3) is 7.47. The summed E-state index contributed by atoms with van der Waals surface area (Å²) in [6.07, 6.45) is -0.732. The van der Waals surface area contributed by atoms with Crippen LogP contribution in [0.2, 0.25) is 0 Å². The monoisotopic (exact) mass is 777 g/mol. The van der Waals surface area contributed by atoms with Crippen LogP contribution in [-0.4, -0.2) is 69.5 Å². The van der Waals surface area contributed by atoms with E-state index in [1.165, 1.54) is 14.2 Å². The van der Waals surface area contributed by atoms with Crippen molar-refractivity contribution in [1.82, 2.24) is 4.90 Å². The van der Waals surface area contributed by atoms with E-state index in [1.807, 2.05) is 160 Å². The average molecular weight is 778 g/mol. The van der Waals surface area contributed by atoms with Crippen LogP contribution in [0.1, 0.15) is 49.9 Å². The van der Waals surface area contributed by atoms with Gasteiger partial charge in [-0.3, -0.25) is 0 Å². The van der Waals surface area contributed by atoms with Gasteiger partial charge in [-0.1, -0.05) is 0 Å². The molecular weight excluding hydrogens is 726 g/mol. The number of fused-ring (bicyclic) bond motifs is 2. The number of para-hydroxylation sites is 2. The fourth-order valence-corrected chi connectivity index (χ4v) is 12.7. The summed E-state index contributed by atoms with van der Waals surface area (Å²) < 4.78 is 13.6. The van der Waals surface area contributed by atoms with Crippen molar-refractivity contribution in [2.75, 3.05) is 25.7 Å². The average Bonchev–Trinajstić information content (AvgIpc) is 3.18. The van der Waals surface area contributed by atoms with E-state index in [4.69, 9.17) is 9.47 Å². The molecule has 0 aromatic heterocycles. The summed E-state index contributed by atoms with van der Waals surface area (Å²) in [5.41, 5.74) is 1.69. The summed E-state index contributed by atoms with van der Waals surface area (Å²) in [4.78, 5) is 43.4. The molecule has 0 radical (unpaired) electrons. The SMILES string of the molecule is COC(OC)(C(Cc1cccc2c1Nc1ccccc1S2)P(O)(O)(O)CC(C#N)N(C(C)C)C(C)C)C(c1ccccc1)(c1ccccc1)c1ccccc1. The second kappa shape index (κ2) is 16.2. The van der Waals surface area contributed by atoms with Gasteiger partial charge >= 0.3 is 331 Å². The zero-order chi connectivity index (χ0) is 39.5. The van der Waals surface area contributed by atoms with E-state index in [0.29, 0.717) is 0 Å². The number of hydrogen-bond donors (Lipinski definition) is 4. The van der Waals surface area contributed by atoms with Gasteiger partial charge in [-0.25, -0.2) is 0 Å². The van der Waals surface area contributed by atoms with Crippen molar-refractivity contribution in [3.8, 4) is 6.07 Å². The summed E-state index contributed by atoms with van der Waals surface area (Å²) in [7, 11) is -3.15. The molecule has 0 fully saturated rings. The number of anilines is 2. The van der Waals surface area contributed by atoms with Gasteiger partial charge in [-0.2, -0.15) is 0 Å². The Morgan fingerprint density at radius 1 is 0.691 bits per heavy atom. The van der Waals surface area contributed by atoms with Gasteiger partial charge in [0, 0.05) is 0 Å². The van der Waals surface area contributed by atoms with Crippen LogP contribution < -0.4 is 5.32 Å². The fraction of sp³-hybridized carbons (Fsp3) is 0.311. The molecule has 2 atom stereocenters. The van der Waals surface area contributed by atoms with Gasteiger partial charge in [0.25, 0.3) is 0 Å². The van der Waals surface area contributed by atoms with Crippen molar-refractivity contribution < 1.29 is 24.2 Å². The fourth-order valence-electron chi connectivity index (χ4n) is 8.82. The molecule has 5 aromatic rings. The molecule has 0 aliphatic carbocycles. The van der Waals surface area contributed by atoms with Crippen LogP contribution in [0.25, 0.3) is 0 Å². The van der Waals surface area contributed by atoms with E-state index >= 15 is 0 Å². The van der Waals surface area contributed by atoms with Gasteiger partial charge in [0.05, 0.1) is 0 Å². The molecule has 2 unspecified atom stereocenters. The number of methoxy groups -OCH3 is 2. The Bertz CT molecular complexity index is 1990. The first-order chi connectivity index (χ1) is 26.3. The first-order valence-electron chi connectivity index (χ1n) is 18.7. The summed E-state index contributed by atoms with van der Waals surface area (Å²) in [6.45, 7) is 7.83. The van der Waals surface area contributed by atoms with Crippen molar-refractivity contribution in [3.63, 3.8) is 0 Å². The molecule has 10 heteroatoms. The molecule has 1 aliphatic heterocycles. The van der Waals surface area contributed by atoms with Crippen molar-refractivity contribution in [3.05, 3.63) is 156 Å². The molecule has 0 bridgehead atoms. The number of nitrogens with one attached hydrogen (secondary N) is 1. The Balaban J connectivity index is 1.70. The molecule has 0 amide bonds. The van der Waals surface area contributed by atoms with Crippen LogP contribution in [-0.2, 0) is 21.3 Å². The van der Waals surface area contributed by atoms with E-state index in [-0.39, 0.29) is 18.5 Å². The molecule has 0 spiro atoms. The van der Waals surface area contributed by atoms with Crippen LogP contribution in [0.3, 0.4) is 0 Å². The molecule has 288 valence electrons. The maximum atomic E-state index is 13.2. The van der Waals surface area contributed by atoms with Gasteiger partial charge in [-0.05, 0) is 0 Å². The van der Waals surface area contributed by atoms with Crippen LogP contribution in [0.5, 0.6) is 0 Å². The quantitative estimate of drug-likeness (QED) is 0.0460. The third-order valence-corrected chi connectivity index (χ3v) is 14.9. The minimum absolute atomic E-state index is 0.0995. The topological polar surface area (TPSA) is 118 Å². The van der Waals surface area contributed by atoms with Gasteiger partial charge < -0.3 is 0 Å². The first-order valence-corrected chi connectivity index (χ1v) is 21.8. The van der Waals surface area contributed by atoms with Gasteiger partial charge in [0.15, 0.2) is 0 Å². The molecule has 1 aliphatic rings. The van der Waals surface area contributed by atoms with Gasteiger partial charge in [-0.15, -0.1) is 0 Å². The number of rotatable bonds is 15. The number of ether oxygens (including phenoxy) is 2. The van der Waals surface area contributed by atoms with E-state index in [9.17, 15) is 19.9 Å². The standard InChI is InChI=1S/C45H52N3O5PS/c1-32(2)48(33(3)4)38(30-46)31-54(49,50,51)42(29-34-19-18-28-41-43(34)47-39-26-16-17-27-40(39)55-41)45(52-5,53-6)44(35-20-10-7-11-21-35,36-22-12-8-13-23-36)37-24-14-9-15-25-37/h7-28,32-33,38,42,47,49-51H,29,31H2,1-6H3. The summed E-state index contributed by atoms with van der Waals surface area (Å²) in [6, 6.07) is 44.1. The zero-order valence-corrected chi connectivity index (χ0v) is 34.0. The van der Waals surface area contributed by atoms with Crippen LogP contribution >= 0.6 is 19.0 Å². The number of benzene rings is 5. The van der Waals surface area contributed by atoms with E-state index in [2.05, 4.69) is 17.5 Å². The van der Waals surface area contributed by atoms with E-state index in [1.54, 1.807) is 11.8 Å².